The Kier molecular flexibility index (Phi) is 22.5. The van der Waals surface area contributed by atoms with E-state index in [9.17, 15) is 4.79 Å². The molecule has 0 saturated heterocycles. The molecule has 32 heavy (non-hydrogen) atoms. The maximum atomic E-state index is 10.6. The summed E-state index contributed by atoms with van der Waals surface area (Å²) in [6, 6.07) is 10.0. The normalized spacial score (nSPS) is 11.0. The Bertz CT molecular complexity index is 574. The molecule has 0 unspecified atom stereocenters. The highest BCUT2D eigenvalue weighted by Crippen LogP contribution is 2.14. The summed E-state index contributed by atoms with van der Waals surface area (Å²) in [4.78, 5) is 10.6. The van der Waals surface area contributed by atoms with Crippen molar-refractivity contribution < 1.29 is 9.90 Å². The molecule has 1 aromatic rings. The third-order valence-electron chi connectivity index (χ3n) is 5.88. The maximum absolute atomic E-state index is 10.6. The number of rotatable bonds is 19. The van der Waals surface area contributed by atoms with Gasteiger partial charge in [0.25, 0.3) is 0 Å². The van der Waals surface area contributed by atoms with Crippen LogP contribution in [0, 0.1) is 0 Å². The van der Waals surface area contributed by atoms with Gasteiger partial charge in [0.2, 0.25) is 0 Å². The van der Waals surface area contributed by atoms with Crippen molar-refractivity contribution in [3.63, 3.8) is 0 Å². The summed E-state index contributed by atoms with van der Waals surface area (Å²) < 4.78 is 0. The van der Waals surface area contributed by atoms with E-state index >= 15 is 0 Å². The van der Waals surface area contributed by atoms with Crippen LogP contribution in [0.2, 0.25) is 0 Å². The molecule has 0 atom stereocenters. The van der Waals surface area contributed by atoms with Crippen LogP contribution >= 0.6 is 0 Å². The largest absolute Gasteiger partial charge is 0.478 e. The molecular formula is C30H50O2. The fraction of sp³-hybridized carbons (Fsp3) is 0.633. The zero-order valence-corrected chi connectivity index (χ0v) is 21.1. The van der Waals surface area contributed by atoms with Gasteiger partial charge in [0.1, 0.15) is 0 Å². The highest BCUT2D eigenvalue weighted by Gasteiger charge is 1.98. The third kappa shape index (κ3) is 21.4. The fourth-order valence-corrected chi connectivity index (χ4v) is 3.69. The first-order valence-electron chi connectivity index (χ1n) is 13.2. The molecular weight excluding hydrogens is 392 g/mol. The minimum absolute atomic E-state index is 0.482. The predicted octanol–water partition coefficient (Wildman–Crippen LogP) is 10.00. The van der Waals surface area contributed by atoms with Gasteiger partial charge < -0.3 is 5.11 Å². The number of carbonyl (C=O) groups is 1. The smallest absolute Gasteiger partial charge is 0.330 e. The number of aliphatic carboxylic acids is 1. The summed E-state index contributed by atoms with van der Waals surface area (Å²) in [7, 11) is 0. The number of unbranched alkanes of at least 4 members (excludes halogenated alkanes) is 16. The summed E-state index contributed by atoms with van der Waals surface area (Å²) >= 11 is 0. The first-order valence-corrected chi connectivity index (χ1v) is 13.2. The molecule has 0 saturated carbocycles. The summed E-state index contributed by atoms with van der Waals surface area (Å²) in [5.74, 6) is -0.786. The standard InChI is InChI=1S/C22H42O2.C8H8/c1-3-4-5-6-7-8-9-10-11-12-13-14-15-16-17-18-19-20-21(2)22(23)24;1-2-8-6-4-3-5-7-8/h20H,3-19H2,1-2H3,(H,23,24);2-7H,1H2. The Morgan fingerprint density at radius 2 is 1.16 bits per heavy atom. The second-order valence-electron chi connectivity index (χ2n) is 8.90. The Labute approximate surface area is 199 Å². The number of benzene rings is 1. The highest BCUT2D eigenvalue weighted by atomic mass is 16.4. The molecule has 0 aliphatic heterocycles. The lowest BCUT2D eigenvalue weighted by atomic mass is 10.0. The Morgan fingerprint density at radius 3 is 1.50 bits per heavy atom. The highest BCUT2D eigenvalue weighted by molar-refractivity contribution is 5.85. The summed E-state index contributed by atoms with van der Waals surface area (Å²) in [5.41, 5.74) is 1.66. The van der Waals surface area contributed by atoms with Crippen molar-refractivity contribution in [3.8, 4) is 0 Å². The van der Waals surface area contributed by atoms with E-state index in [1.807, 2.05) is 42.5 Å². The van der Waals surface area contributed by atoms with E-state index in [-0.39, 0.29) is 0 Å². The van der Waals surface area contributed by atoms with Gasteiger partial charge >= 0.3 is 5.97 Å². The SMILES string of the molecule is C=Cc1ccccc1.CCCCCCCCCCCCCCCCCCC=C(C)C(=O)O. The molecule has 0 aliphatic rings. The molecule has 0 aromatic heterocycles. The van der Waals surface area contributed by atoms with Gasteiger partial charge in [-0.2, -0.15) is 0 Å². The summed E-state index contributed by atoms with van der Waals surface area (Å²) in [6.07, 6.45) is 26.6. The number of hydrogen-bond donors (Lipinski definition) is 1. The van der Waals surface area contributed by atoms with E-state index in [0.717, 1.165) is 12.8 Å². The minimum atomic E-state index is -0.786. The third-order valence-corrected chi connectivity index (χ3v) is 5.88. The molecule has 0 heterocycles. The fourth-order valence-electron chi connectivity index (χ4n) is 3.69. The molecule has 0 radical (unpaired) electrons. The van der Waals surface area contributed by atoms with Crippen LogP contribution in [0.5, 0.6) is 0 Å². The molecule has 0 spiro atoms. The Balaban J connectivity index is 0.000000995. The molecule has 0 fully saturated rings. The number of hydrogen-bond acceptors (Lipinski definition) is 1. The number of allylic oxidation sites excluding steroid dienone is 1. The van der Waals surface area contributed by atoms with E-state index in [1.54, 1.807) is 6.92 Å². The molecule has 0 bridgehead atoms. The predicted molar refractivity (Wildman–Crippen MR) is 142 cm³/mol. The number of carboxylic acid groups (broad SMARTS) is 1. The van der Waals surface area contributed by atoms with E-state index in [1.165, 1.54) is 102 Å². The first kappa shape index (κ1) is 30.2. The van der Waals surface area contributed by atoms with Gasteiger partial charge in [0.15, 0.2) is 0 Å². The molecule has 1 rings (SSSR count). The maximum Gasteiger partial charge on any atom is 0.330 e. The lowest BCUT2D eigenvalue weighted by Crippen LogP contribution is -1.95. The molecule has 0 amide bonds. The van der Waals surface area contributed by atoms with Crippen LogP contribution in [0.3, 0.4) is 0 Å². The van der Waals surface area contributed by atoms with Gasteiger partial charge in [0, 0.05) is 5.57 Å². The summed E-state index contributed by atoms with van der Waals surface area (Å²) in [5, 5.41) is 8.75. The quantitative estimate of drug-likeness (QED) is 0.171. The van der Waals surface area contributed by atoms with Crippen LogP contribution in [-0.2, 0) is 4.79 Å². The van der Waals surface area contributed by atoms with Crippen LogP contribution in [0.25, 0.3) is 6.08 Å². The van der Waals surface area contributed by atoms with Crippen LogP contribution in [-0.4, -0.2) is 11.1 Å². The summed E-state index contributed by atoms with van der Waals surface area (Å²) in [6.45, 7) is 7.58. The van der Waals surface area contributed by atoms with E-state index in [4.69, 9.17) is 5.11 Å². The van der Waals surface area contributed by atoms with Gasteiger partial charge in [-0.3, -0.25) is 0 Å². The zero-order valence-electron chi connectivity index (χ0n) is 21.1. The molecule has 1 aromatic carbocycles. The van der Waals surface area contributed by atoms with Gasteiger partial charge in [0.05, 0.1) is 0 Å². The Morgan fingerprint density at radius 1 is 0.750 bits per heavy atom. The van der Waals surface area contributed by atoms with E-state index < -0.39 is 5.97 Å². The molecule has 2 nitrogen and oxygen atoms in total. The monoisotopic (exact) mass is 442 g/mol. The van der Waals surface area contributed by atoms with Crippen molar-refractivity contribution in [1.82, 2.24) is 0 Å². The second kappa shape index (κ2) is 23.8. The van der Waals surface area contributed by atoms with Crippen molar-refractivity contribution in [2.45, 2.75) is 123 Å². The van der Waals surface area contributed by atoms with Crippen molar-refractivity contribution in [1.29, 1.82) is 0 Å². The van der Waals surface area contributed by atoms with Gasteiger partial charge in [-0.15, -0.1) is 0 Å². The average Bonchev–Trinajstić information content (AvgIpc) is 2.81. The topological polar surface area (TPSA) is 37.3 Å². The lowest BCUT2D eigenvalue weighted by molar-refractivity contribution is -0.132. The van der Waals surface area contributed by atoms with E-state index in [0.29, 0.717) is 5.57 Å². The van der Waals surface area contributed by atoms with E-state index in [2.05, 4.69) is 13.5 Å². The Hall–Kier alpha value is -1.83. The molecule has 0 aliphatic carbocycles. The molecule has 1 N–H and O–H groups in total. The van der Waals surface area contributed by atoms with Crippen LogP contribution in [0.4, 0.5) is 0 Å². The zero-order chi connectivity index (χ0) is 23.7. The second-order valence-corrected chi connectivity index (χ2v) is 8.90. The average molecular weight is 443 g/mol. The van der Waals surface area contributed by atoms with Crippen molar-refractivity contribution in [3.05, 3.63) is 54.1 Å². The van der Waals surface area contributed by atoms with Crippen molar-refractivity contribution in [2.75, 3.05) is 0 Å². The van der Waals surface area contributed by atoms with Crippen LogP contribution in [0.15, 0.2) is 48.6 Å². The molecule has 2 heteroatoms. The lowest BCUT2D eigenvalue weighted by Gasteiger charge is -2.03. The van der Waals surface area contributed by atoms with Crippen molar-refractivity contribution in [2.24, 2.45) is 0 Å². The first-order chi connectivity index (χ1) is 15.6. The van der Waals surface area contributed by atoms with Crippen molar-refractivity contribution >= 4 is 12.0 Å². The van der Waals surface area contributed by atoms with Crippen LogP contribution < -0.4 is 0 Å². The minimum Gasteiger partial charge on any atom is -0.478 e. The van der Waals surface area contributed by atoms with Gasteiger partial charge in [-0.1, -0.05) is 152 Å². The van der Waals surface area contributed by atoms with Crippen LogP contribution in [0.1, 0.15) is 129 Å². The number of carboxylic acids is 1. The molecule has 182 valence electrons. The van der Waals surface area contributed by atoms with Gasteiger partial charge in [-0.05, 0) is 25.3 Å². The van der Waals surface area contributed by atoms with Gasteiger partial charge in [-0.25, -0.2) is 4.79 Å².